The van der Waals surface area contributed by atoms with Crippen molar-refractivity contribution in [2.45, 2.75) is 13.8 Å². The van der Waals surface area contributed by atoms with E-state index in [1.165, 1.54) is 18.2 Å². The van der Waals surface area contributed by atoms with Crippen LogP contribution in [0.2, 0.25) is 0 Å². The van der Waals surface area contributed by atoms with Crippen LogP contribution in [0.1, 0.15) is 21.6 Å². The number of rotatable bonds is 5. The highest BCUT2D eigenvalue weighted by Gasteiger charge is 2.15. The molecule has 2 N–H and O–H groups in total. The number of ether oxygens (including phenoxy) is 1. The molecule has 28 heavy (non-hydrogen) atoms. The summed E-state index contributed by atoms with van der Waals surface area (Å²) < 4.78 is 5.43. The molecule has 8 nitrogen and oxygen atoms in total. The Labute approximate surface area is 168 Å². The molecule has 0 atom stereocenters. The number of hydrogen-bond donors (Lipinski definition) is 2. The molecule has 0 bridgehead atoms. The first-order valence-corrected chi connectivity index (χ1v) is 9.05. The van der Waals surface area contributed by atoms with Gasteiger partial charge in [-0.05, 0) is 59.6 Å². The zero-order valence-corrected chi connectivity index (χ0v) is 16.6. The minimum atomic E-state index is -0.613. The number of aromatic nitrogens is 1. The van der Waals surface area contributed by atoms with E-state index in [1.54, 1.807) is 18.2 Å². The van der Waals surface area contributed by atoms with Crippen LogP contribution >= 0.6 is 15.9 Å². The van der Waals surface area contributed by atoms with Crippen molar-refractivity contribution in [3.63, 3.8) is 0 Å². The lowest BCUT2D eigenvalue weighted by molar-refractivity contribution is -0.384. The zero-order chi connectivity index (χ0) is 20.4. The summed E-state index contributed by atoms with van der Waals surface area (Å²) >= 11 is 3.16. The second-order valence-corrected chi connectivity index (χ2v) is 7.04. The van der Waals surface area contributed by atoms with Crippen molar-refractivity contribution in [3.8, 4) is 0 Å². The Morgan fingerprint density at radius 2 is 1.96 bits per heavy atom. The molecule has 0 fully saturated rings. The normalized spacial score (nSPS) is 10.7. The Hall–Kier alpha value is -3.20. The van der Waals surface area contributed by atoms with Crippen LogP contribution in [0.15, 0.2) is 40.9 Å². The van der Waals surface area contributed by atoms with E-state index in [-0.39, 0.29) is 5.69 Å². The molecule has 9 heteroatoms. The maximum atomic E-state index is 12.3. The second kappa shape index (κ2) is 7.81. The monoisotopic (exact) mass is 445 g/mol. The van der Waals surface area contributed by atoms with E-state index >= 15 is 0 Å². The summed E-state index contributed by atoms with van der Waals surface area (Å²) in [5.41, 5.74) is 3.57. The number of non-ortho nitro benzene ring substituents is 1. The minimum Gasteiger partial charge on any atom is -0.452 e. The Bertz CT molecular complexity index is 1110. The van der Waals surface area contributed by atoms with Crippen LogP contribution < -0.4 is 5.32 Å². The Morgan fingerprint density at radius 1 is 1.21 bits per heavy atom. The number of nitro groups is 1. The smallest absolute Gasteiger partial charge is 0.338 e. The van der Waals surface area contributed by atoms with Gasteiger partial charge in [0.2, 0.25) is 0 Å². The molecule has 3 rings (SSSR count). The highest BCUT2D eigenvalue weighted by Crippen LogP contribution is 2.27. The average Bonchev–Trinajstić information content (AvgIpc) is 2.95. The number of aryl methyl sites for hydroxylation is 2. The fourth-order valence-electron chi connectivity index (χ4n) is 2.71. The van der Waals surface area contributed by atoms with Crippen molar-refractivity contribution in [2.24, 2.45) is 0 Å². The van der Waals surface area contributed by atoms with E-state index in [2.05, 4.69) is 26.2 Å². The number of anilines is 1. The van der Waals surface area contributed by atoms with Crippen LogP contribution in [-0.2, 0) is 9.53 Å². The van der Waals surface area contributed by atoms with Crippen LogP contribution in [0, 0.1) is 24.0 Å². The molecular formula is C19H16BrN3O5. The number of fused-ring (bicyclic) bond motifs is 1. The van der Waals surface area contributed by atoms with Gasteiger partial charge in [-0.25, -0.2) is 4.79 Å². The molecule has 0 saturated carbocycles. The lowest BCUT2D eigenvalue weighted by Gasteiger charge is -2.08. The minimum absolute atomic E-state index is 0.109. The summed E-state index contributed by atoms with van der Waals surface area (Å²) in [6.45, 7) is 3.43. The second-order valence-electron chi connectivity index (χ2n) is 6.18. The van der Waals surface area contributed by atoms with Crippen molar-refractivity contribution < 1.29 is 19.2 Å². The van der Waals surface area contributed by atoms with Gasteiger partial charge in [-0.15, -0.1) is 0 Å². The van der Waals surface area contributed by atoms with Crippen molar-refractivity contribution in [2.75, 3.05) is 11.9 Å². The summed E-state index contributed by atoms with van der Waals surface area (Å²) in [7, 11) is 0. The summed E-state index contributed by atoms with van der Waals surface area (Å²) in [4.78, 5) is 37.7. The number of nitrogens with one attached hydrogen (secondary N) is 2. The third-order valence-electron chi connectivity index (χ3n) is 4.32. The highest BCUT2D eigenvalue weighted by atomic mass is 79.9. The number of carbonyl (C=O) groups excluding carboxylic acids is 2. The summed E-state index contributed by atoms with van der Waals surface area (Å²) in [6.07, 6.45) is 0. The largest absolute Gasteiger partial charge is 0.452 e. The molecule has 0 radical (unpaired) electrons. The van der Waals surface area contributed by atoms with E-state index in [4.69, 9.17) is 4.74 Å². The Morgan fingerprint density at radius 3 is 2.64 bits per heavy atom. The first kappa shape index (κ1) is 19.6. The molecule has 0 aliphatic rings. The molecule has 1 heterocycles. The van der Waals surface area contributed by atoms with Gasteiger partial charge >= 0.3 is 5.97 Å². The topological polar surface area (TPSA) is 114 Å². The summed E-state index contributed by atoms with van der Waals surface area (Å²) in [5.74, 6) is -1.17. The molecule has 2 aromatic carbocycles. The van der Waals surface area contributed by atoms with Gasteiger partial charge in [-0.2, -0.15) is 0 Å². The molecule has 0 unspecified atom stereocenters. The number of amides is 1. The van der Waals surface area contributed by atoms with Crippen LogP contribution in [0.5, 0.6) is 0 Å². The summed E-state index contributed by atoms with van der Waals surface area (Å²) in [6, 6.07) is 9.08. The molecule has 3 aromatic rings. The van der Waals surface area contributed by atoms with E-state index in [0.29, 0.717) is 15.7 Å². The van der Waals surface area contributed by atoms with Crippen molar-refractivity contribution >= 4 is 50.1 Å². The van der Waals surface area contributed by atoms with Crippen molar-refractivity contribution in [3.05, 3.63) is 67.8 Å². The molecule has 144 valence electrons. The molecule has 1 aromatic heterocycles. The predicted molar refractivity (Wildman–Crippen MR) is 107 cm³/mol. The van der Waals surface area contributed by atoms with Gasteiger partial charge in [-0.3, -0.25) is 14.9 Å². The Kier molecular flexibility index (Phi) is 5.46. The standard InChI is InChI=1S/C19H16BrN3O5/c1-10-11(2)21-16-5-3-12(7-14(10)16)19(25)28-9-18(24)22-17-6-4-13(23(26)27)8-15(17)20/h3-8,21H,9H2,1-2H3,(H,22,24). The SMILES string of the molecule is Cc1[nH]c2ccc(C(=O)OCC(=O)Nc3ccc([N+](=O)[O-])cc3Br)cc2c1C. The van der Waals surface area contributed by atoms with Gasteiger partial charge < -0.3 is 15.0 Å². The van der Waals surface area contributed by atoms with Gasteiger partial charge in [0.05, 0.1) is 16.2 Å². The third-order valence-corrected chi connectivity index (χ3v) is 4.97. The number of aromatic amines is 1. The molecule has 0 spiro atoms. The molecular weight excluding hydrogens is 430 g/mol. The highest BCUT2D eigenvalue weighted by molar-refractivity contribution is 9.10. The summed E-state index contributed by atoms with van der Waals surface area (Å²) in [5, 5.41) is 14.2. The fourth-order valence-corrected chi connectivity index (χ4v) is 3.17. The lowest BCUT2D eigenvalue weighted by atomic mass is 10.1. The maximum absolute atomic E-state index is 12.3. The van der Waals surface area contributed by atoms with Crippen LogP contribution in [-0.4, -0.2) is 28.4 Å². The van der Waals surface area contributed by atoms with Crippen LogP contribution in [0.25, 0.3) is 10.9 Å². The molecule has 0 aliphatic heterocycles. The average molecular weight is 446 g/mol. The van der Waals surface area contributed by atoms with Gasteiger partial charge in [0, 0.05) is 33.2 Å². The Balaban J connectivity index is 1.63. The van der Waals surface area contributed by atoms with Gasteiger partial charge in [0.25, 0.3) is 11.6 Å². The number of H-pyrrole nitrogens is 1. The number of carbonyl (C=O) groups is 2. The maximum Gasteiger partial charge on any atom is 0.338 e. The molecule has 1 amide bonds. The number of halogens is 1. The first-order valence-electron chi connectivity index (χ1n) is 8.26. The first-order chi connectivity index (χ1) is 13.3. The van der Waals surface area contributed by atoms with E-state index in [1.807, 2.05) is 13.8 Å². The molecule has 0 saturated heterocycles. The van der Waals surface area contributed by atoms with E-state index < -0.39 is 23.4 Å². The number of nitro benzene ring substituents is 1. The molecule has 0 aliphatic carbocycles. The van der Waals surface area contributed by atoms with Gasteiger partial charge in [-0.1, -0.05) is 0 Å². The van der Waals surface area contributed by atoms with Crippen molar-refractivity contribution in [1.29, 1.82) is 0 Å². The predicted octanol–water partition coefficient (Wildman–Crippen LogP) is 4.25. The van der Waals surface area contributed by atoms with Crippen molar-refractivity contribution in [1.82, 2.24) is 4.98 Å². The number of benzene rings is 2. The zero-order valence-electron chi connectivity index (χ0n) is 15.0. The number of esters is 1. The van der Waals surface area contributed by atoms with E-state index in [0.717, 1.165) is 22.2 Å². The number of hydrogen-bond acceptors (Lipinski definition) is 5. The van der Waals surface area contributed by atoms with E-state index in [9.17, 15) is 19.7 Å². The van der Waals surface area contributed by atoms with Crippen LogP contribution in [0.4, 0.5) is 11.4 Å². The fraction of sp³-hybridized carbons (Fsp3) is 0.158. The lowest BCUT2D eigenvalue weighted by Crippen LogP contribution is -2.21. The van der Waals surface area contributed by atoms with Crippen LogP contribution in [0.3, 0.4) is 0 Å². The number of nitrogens with zero attached hydrogens (tertiary/aromatic N) is 1. The third kappa shape index (κ3) is 4.04. The van der Waals surface area contributed by atoms with Gasteiger partial charge in [0.1, 0.15) is 0 Å². The quantitative estimate of drug-likeness (QED) is 0.346. The van der Waals surface area contributed by atoms with Gasteiger partial charge in [0.15, 0.2) is 6.61 Å².